The SMILES string of the molecule is CCCN1CC[C@@H]2OC[C@H](C(=O)Nc3cccnc3)C[C@@H]2C1.O=C(O)C(F)(F)F.O=C(O)C(F)(F)F. The lowest BCUT2D eigenvalue weighted by molar-refractivity contribution is -0.193. The highest BCUT2D eigenvalue weighted by atomic mass is 19.4. The topological polar surface area (TPSA) is 129 Å². The molecular weight excluding hydrogens is 504 g/mol. The zero-order valence-corrected chi connectivity index (χ0v) is 19.2. The van der Waals surface area contributed by atoms with Gasteiger partial charge < -0.3 is 25.2 Å². The van der Waals surface area contributed by atoms with Gasteiger partial charge in [0.15, 0.2) is 0 Å². The molecule has 3 rings (SSSR count). The van der Waals surface area contributed by atoms with Gasteiger partial charge in [0, 0.05) is 19.3 Å². The quantitative estimate of drug-likeness (QED) is 0.505. The van der Waals surface area contributed by atoms with Crippen LogP contribution >= 0.6 is 0 Å². The van der Waals surface area contributed by atoms with Crippen LogP contribution < -0.4 is 5.32 Å². The van der Waals surface area contributed by atoms with Crippen molar-refractivity contribution in [2.45, 2.75) is 44.6 Å². The van der Waals surface area contributed by atoms with Gasteiger partial charge in [0.2, 0.25) is 5.91 Å². The van der Waals surface area contributed by atoms with Crippen molar-refractivity contribution in [3.8, 4) is 0 Å². The lowest BCUT2D eigenvalue weighted by atomic mass is 9.83. The van der Waals surface area contributed by atoms with Crippen LogP contribution in [-0.4, -0.2) is 82.6 Å². The Labute approximate surface area is 202 Å². The lowest BCUT2D eigenvalue weighted by Crippen LogP contribution is -2.49. The number of nitrogens with zero attached hydrogens (tertiary/aromatic N) is 2. The zero-order valence-electron chi connectivity index (χ0n) is 19.2. The number of piperidine rings is 1. The Bertz CT molecular complexity index is 829. The largest absolute Gasteiger partial charge is 0.490 e. The number of nitrogens with one attached hydrogen (secondary N) is 1. The Kier molecular flexibility index (Phi) is 12.1. The number of likely N-dealkylation sites (tertiary alicyclic amines) is 1. The predicted octanol–water partition coefficient (Wildman–Crippen LogP) is 3.42. The smallest absolute Gasteiger partial charge is 0.475 e. The predicted molar refractivity (Wildman–Crippen MR) is 113 cm³/mol. The second-order valence-corrected chi connectivity index (χ2v) is 7.99. The molecule has 1 aromatic heterocycles. The fourth-order valence-corrected chi connectivity index (χ4v) is 3.59. The van der Waals surface area contributed by atoms with Crippen LogP contribution in [0.3, 0.4) is 0 Å². The van der Waals surface area contributed by atoms with Gasteiger partial charge in [0.1, 0.15) is 0 Å². The maximum Gasteiger partial charge on any atom is 0.490 e. The van der Waals surface area contributed by atoms with Gasteiger partial charge in [-0.25, -0.2) is 9.59 Å². The summed E-state index contributed by atoms with van der Waals surface area (Å²) in [5.74, 6) is -5.03. The molecule has 0 aliphatic carbocycles. The van der Waals surface area contributed by atoms with Gasteiger partial charge in [-0.15, -0.1) is 0 Å². The third-order valence-electron chi connectivity index (χ3n) is 5.17. The third-order valence-corrected chi connectivity index (χ3v) is 5.17. The van der Waals surface area contributed by atoms with Crippen LogP contribution in [-0.2, 0) is 19.1 Å². The molecule has 204 valence electrons. The lowest BCUT2D eigenvalue weighted by Gasteiger charge is -2.43. The first-order chi connectivity index (χ1) is 16.6. The molecule has 0 bridgehead atoms. The van der Waals surface area contributed by atoms with Crippen molar-refractivity contribution in [1.82, 2.24) is 9.88 Å². The summed E-state index contributed by atoms with van der Waals surface area (Å²) in [7, 11) is 0. The van der Waals surface area contributed by atoms with Crippen LogP contribution in [0.4, 0.5) is 32.0 Å². The maximum atomic E-state index is 12.4. The number of aliphatic carboxylic acids is 2. The normalized spacial score (nSPS) is 22.0. The number of hydrogen-bond acceptors (Lipinski definition) is 6. The summed E-state index contributed by atoms with van der Waals surface area (Å²) in [6.45, 7) is 6.10. The van der Waals surface area contributed by atoms with Crippen molar-refractivity contribution >= 4 is 23.5 Å². The Balaban J connectivity index is 0.000000383. The highest BCUT2D eigenvalue weighted by Gasteiger charge is 2.39. The second-order valence-electron chi connectivity index (χ2n) is 7.99. The van der Waals surface area contributed by atoms with Crippen LogP contribution in [0.25, 0.3) is 0 Å². The second kappa shape index (κ2) is 14.0. The molecule has 3 atom stereocenters. The minimum Gasteiger partial charge on any atom is -0.475 e. The molecule has 9 nitrogen and oxygen atoms in total. The van der Waals surface area contributed by atoms with E-state index in [9.17, 15) is 31.1 Å². The van der Waals surface area contributed by atoms with Crippen LogP contribution in [0.15, 0.2) is 24.5 Å². The zero-order chi connectivity index (χ0) is 27.5. The van der Waals surface area contributed by atoms with E-state index in [4.69, 9.17) is 24.5 Å². The summed E-state index contributed by atoms with van der Waals surface area (Å²) in [5, 5.41) is 17.2. The van der Waals surface area contributed by atoms with Gasteiger partial charge in [-0.3, -0.25) is 9.78 Å². The number of alkyl halides is 6. The van der Waals surface area contributed by atoms with Gasteiger partial charge in [-0.2, -0.15) is 26.3 Å². The van der Waals surface area contributed by atoms with Crippen molar-refractivity contribution in [2.24, 2.45) is 11.8 Å². The fourth-order valence-electron chi connectivity index (χ4n) is 3.59. The summed E-state index contributed by atoms with van der Waals surface area (Å²) in [6.07, 6.45) is -3.24. The van der Waals surface area contributed by atoms with E-state index in [0.29, 0.717) is 18.6 Å². The number of anilines is 1. The summed E-state index contributed by atoms with van der Waals surface area (Å²) in [4.78, 5) is 36.7. The number of amides is 1. The van der Waals surface area contributed by atoms with Gasteiger partial charge in [0.25, 0.3) is 0 Å². The monoisotopic (exact) mass is 531 g/mol. The average Bonchev–Trinajstić information content (AvgIpc) is 2.79. The molecule has 0 saturated carbocycles. The van der Waals surface area contributed by atoms with Crippen LogP contribution in [0.2, 0.25) is 0 Å². The summed E-state index contributed by atoms with van der Waals surface area (Å²) in [6, 6.07) is 3.69. The Morgan fingerprint density at radius 2 is 1.72 bits per heavy atom. The van der Waals surface area contributed by atoms with E-state index in [2.05, 4.69) is 22.1 Å². The fraction of sp³-hybridized carbons (Fsp3) is 0.619. The molecule has 0 radical (unpaired) electrons. The molecular formula is C21H27F6N3O6. The standard InChI is InChI=1S/C17H25N3O2.2C2HF3O2/c1-2-7-20-8-5-16-13(11-20)9-14(12-22-16)17(21)19-15-4-3-6-18-10-15;2*3-2(4,5)1(6)7/h3-4,6,10,13-14,16H,2,5,7-9,11-12H2,1H3,(H,19,21);2*(H,6,7)/t13-,14-,16+;;/m1../s1. The van der Waals surface area contributed by atoms with E-state index in [1.54, 1.807) is 12.4 Å². The van der Waals surface area contributed by atoms with Gasteiger partial charge >= 0.3 is 24.3 Å². The molecule has 3 heterocycles. The molecule has 36 heavy (non-hydrogen) atoms. The van der Waals surface area contributed by atoms with Crippen molar-refractivity contribution < 1.29 is 55.7 Å². The molecule has 2 saturated heterocycles. The number of aromatic nitrogens is 1. The maximum absolute atomic E-state index is 12.4. The average molecular weight is 531 g/mol. The Morgan fingerprint density at radius 3 is 2.19 bits per heavy atom. The number of fused-ring (bicyclic) bond motifs is 1. The first-order valence-electron chi connectivity index (χ1n) is 10.8. The van der Waals surface area contributed by atoms with Crippen molar-refractivity contribution in [3.63, 3.8) is 0 Å². The van der Waals surface area contributed by atoms with Gasteiger partial charge in [-0.1, -0.05) is 6.92 Å². The molecule has 2 aliphatic heterocycles. The number of rotatable bonds is 4. The minimum atomic E-state index is -5.08. The minimum absolute atomic E-state index is 0.0527. The first-order valence-corrected chi connectivity index (χ1v) is 10.8. The van der Waals surface area contributed by atoms with E-state index < -0.39 is 24.3 Å². The molecule has 0 unspecified atom stereocenters. The van der Waals surface area contributed by atoms with E-state index >= 15 is 0 Å². The van der Waals surface area contributed by atoms with Crippen LogP contribution in [0.1, 0.15) is 26.2 Å². The summed E-state index contributed by atoms with van der Waals surface area (Å²) >= 11 is 0. The Hall–Kier alpha value is -2.94. The van der Waals surface area contributed by atoms with Crippen molar-refractivity contribution in [2.75, 3.05) is 31.6 Å². The molecule has 1 aromatic rings. The van der Waals surface area contributed by atoms with E-state index in [0.717, 1.165) is 38.2 Å². The molecule has 3 N–H and O–H groups in total. The number of carbonyl (C=O) groups excluding carboxylic acids is 1. The van der Waals surface area contributed by atoms with Gasteiger partial charge in [-0.05, 0) is 43.9 Å². The molecule has 15 heteroatoms. The molecule has 1 amide bonds. The van der Waals surface area contributed by atoms with Crippen molar-refractivity contribution in [3.05, 3.63) is 24.5 Å². The summed E-state index contributed by atoms with van der Waals surface area (Å²) in [5.41, 5.74) is 0.755. The van der Waals surface area contributed by atoms with E-state index in [1.807, 2.05) is 12.1 Å². The number of carboxylic acids is 2. The molecule has 2 aliphatic rings. The number of pyridine rings is 1. The van der Waals surface area contributed by atoms with Gasteiger partial charge in [0.05, 0.1) is 30.5 Å². The van der Waals surface area contributed by atoms with Crippen LogP contribution in [0, 0.1) is 11.8 Å². The number of hydrogen-bond donors (Lipinski definition) is 3. The highest BCUT2D eigenvalue weighted by molar-refractivity contribution is 5.92. The van der Waals surface area contributed by atoms with E-state index in [-0.39, 0.29) is 11.8 Å². The number of carbonyl (C=O) groups is 3. The Morgan fingerprint density at radius 1 is 1.14 bits per heavy atom. The molecule has 0 spiro atoms. The number of carboxylic acid groups (broad SMARTS) is 2. The third kappa shape index (κ3) is 11.2. The van der Waals surface area contributed by atoms with Crippen molar-refractivity contribution in [1.29, 1.82) is 0 Å². The first kappa shape index (κ1) is 31.1. The summed E-state index contributed by atoms with van der Waals surface area (Å²) < 4.78 is 69.4. The molecule has 2 fully saturated rings. The molecule has 0 aromatic carbocycles. The van der Waals surface area contributed by atoms with Crippen LogP contribution in [0.5, 0.6) is 0 Å². The number of ether oxygens (including phenoxy) is 1. The highest BCUT2D eigenvalue weighted by Crippen LogP contribution is 2.32. The van der Waals surface area contributed by atoms with E-state index in [1.165, 1.54) is 6.42 Å². The number of halogens is 6.